The fourth-order valence-corrected chi connectivity index (χ4v) is 10.1. The first-order valence-corrected chi connectivity index (χ1v) is 22.8. The van der Waals surface area contributed by atoms with Crippen molar-refractivity contribution in [1.82, 2.24) is 0 Å². The summed E-state index contributed by atoms with van der Waals surface area (Å²) in [6.07, 6.45) is 6.72. The Labute approximate surface area is 354 Å². The maximum absolute atomic E-state index is 6.78. The van der Waals surface area contributed by atoms with Crippen LogP contribution in [0.15, 0.2) is 106 Å². The topological polar surface area (TPSA) is 18.5 Å². The van der Waals surface area contributed by atoms with E-state index in [9.17, 15) is 0 Å². The molecule has 56 heavy (non-hydrogen) atoms. The number of rotatable bonds is 16. The normalized spacial score (nSPS) is 18.3. The first kappa shape index (κ1) is 40.8. The number of benzene rings is 5. The summed E-state index contributed by atoms with van der Waals surface area (Å²) in [5.41, 5.74) is 12.7. The van der Waals surface area contributed by atoms with E-state index in [4.69, 9.17) is 9.47 Å². The number of fused-ring (bicyclic) bond motifs is 6. The maximum Gasteiger partial charge on any atom is 0.161 e. The Morgan fingerprint density at radius 2 is 0.929 bits per heavy atom. The van der Waals surface area contributed by atoms with Crippen molar-refractivity contribution < 1.29 is 9.47 Å². The second-order valence-corrected chi connectivity index (χ2v) is 19.1. The molecule has 5 aromatic carbocycles. The summed E-state index contributed by atoms with van der Waals surface area (Å²) in [4.78, 5) is 0. The summed E-state index contributed by atoms with van der Waals surface area (Å²) in [6.45, 7) is 19.9. The molecule has 5 aromatic rings. The number of halogens is 2. The van der Waals surface area contributed by atoms with Crippen LogP contribution in [0.1, 0.15) is 127 Å². The second kappa shape index (κ2) is 16.9. The second-order valence-electron chi connectivity index (χ2n) is 17.3. The average molecular weight is 877 g/mol. The van der Waals surface area contributed by atoms with Gasteiger partial charge in [-0.05, 0) is 129 Å². The third-order valence-corrected chi connectivity index (χ3v) is 14.4. The van der Waals surface area contributed by atoms with Gasteiger partial charge in [-0.3, -0.25) is 0 Å². The molecule has 0 saturated heterocycles. The first-order valence-electron chi connectivity index (χ1n) is 21.3. The molecule has 0 aliphatic heterocycles. The molecule has 4 atom stereocenters. The summed E-state index contributed by atoms with van der Waals surface area (Å²) < 4.78 is 15.5. The monoisotopic (exact) mass is 874 g/mol. The van der Waals surface area contributed by atoms with Gasteiger partial charge in [0.05, 0.1) is 18.6 Å². The molecule has 0 heterocycles. The van der Waals surface area contributed by atoms with E-state index >= 15 is 0 Å². The van der Waals surface area contributed by atoms with E-state index in [2.05, 4.69) is 184 Å². The molecule has 0 fully saturated rings. The number of hydrogen-bond donors (Lipinski definition) is 0. The molecule has 0 amide bonds. The van der Waals surface area contributed by atoms with Crippen LogP contribution in [-0.4, -0.2) is 13.2 Å². The molecule has 0 aromatic heterocycles. The Bertz CT molecular complexity index is 2120. The van der Waals surface area contributed by atoms with Gasteiger partial charge in [-0.1, -0.05) is 174 Å². The van der Waals surface area contributed by atoms with Crippen molar-refractivity contribution in [3.63, 3.8) is 0 Å². The van der Waals surface area contributed by atoms with Crippen molar-refractivity contribution in [2.75, 3.05) is 13.2 Å². The number of ether oxygens (including phenoxy) is 2. The molecule has 0 radical (unpaired) electrons. The maximum atomic E-state index is 6.78. The zero-order chi connectivity index (χ0) is 39.8. The fourth-order valence-electron chi connectivity index (χ4n) is 9.42. The predicted octanol–water partition coefficient (Wildman–Crippen LogP) is 15.6. The van der Waals surface area contributed by atoms with E-state index in [-0.39, 0.29) is 5.41 Å². The minimum atomic E-state index is -0.621. The highest BCUT2D eigenvalue weighted by molar-refractivity contribution is 9.10. The molecule has 2 aliphatic rings. The van der Waals surface area contributed by atoms with Crippen LogP contribution < -0.4 is 9.47 Å². The van der Waals surface area contributed by atoms with Crippen molar-refractivity contribution in [1.29, 1.82) is 0 Å². The van der Waals surface area contributed by atoms with Gasteiger partial charge < -0.3 is 9.47 Å². The Balaban J connectivity index is 1.55. The lowest BCUT2D eigenvalue weighted by atomic mass is 9.64. The van der Waals surface area contributed by atoms with E-state index in [0.717, 1.165) is 59.0 Å². The average Bonchev–Trinajstić information content (AvgIpc) is 3.64. The molecule has 4 unspecified atom stereocenters. The standard InChI is InChI=1S/C52H60Br2O2/c1-9-33(5)29-51(30-34(6)10-2)45-16-14-13-15-41(45)42-21-17-37(25-46(42)51)52(47-27-39(53)19-22-43(47)44-23-20-40(54)28-48(44)52)38-18-24-49(55-31-35(7)11-3)50(26-38)56-32-36(8)12-4/h13-28,33-36H,9-12,29-32H2,1-8H3. The summed E-state index contributed by atoms with van der Waals surface area (Å²) in [5.74, 6) is 3.69. The van der Waals surface area contributed by atoms with Gasteiger partial charge in [-0.2, -0.15) is 0 Å². The molecule has 2 nitrogen and oxygen atoms in total. The van der Waals surface area contributed by atoms with Crippen LogP contribution in [0.2, 0.25) is 0 Å². The largest absolute Gasteiger partial charge is 0.489 e. The molecule has 2 aliphatic carbocycles. The summed E-state index contributed by atoms with van der Waals surface area (Å²) in [5, 5.41) is 0. The summed E-state index contributed by atoms with van der Waals surface area (Å²) in [6, 6.07) is 37.3. The van der Waals surface area contributed by atoms with E-state index in [0.29, 0.717) is 36.9 Å². The van der Waals surface area contributed by atoms with Gasteiger partial charge in [-0.15, -0.1) is 0 Å². The van der Waals surface area contributed by atoms with E-state index < -0.39 is 5.41 Å². The van der Waals surface area contributed by atoms with Crippen molar-refractivity contribution in [2.24, 2.45) is 23.7 Å². The molecular weight excluding hydrogens is 816 g/mol. The van der Waals surface area contributed by atoms with Gasteiger partial charge in [-0.25, -0.2) is 0 Å². The van der Waals surface area contributed by atoms with Crippen molar-refractivity contribution >= 4 is 31.9 Å². The third-order valence-electron chi connectivity index (χ3n) is 13.4. The van der Waals surface area contributed by atoms with E-state index in [1.807, 2.05) is 0 Å². The minimum absolute atomic E-state index is 0.0784. The lowest BCUT2D eigenvalue weighted by Crippen LogP contribution is -2.32. The van der Waals surface area contributed by atoms with Crippen LogP contribution in [0.4, 0.5) is 0 Å². The van der Waals surface area contributed by atoms with Crippen molar-refractivity contribution in [3.8, 4) is 33.8 Å². The predicted molar refractivity (Wildman–Crippen MR) is 243 cm³/mol. The molecule has 0 bridgehead atoms. The quantitative estimate of drug-likeness (QED) is 0.0964. The highest BCUT2D eigenvalue weighted by Crippen LogP contribution is 2.61. The van der Waals surface area contributed by atoms with Crippen LogP contribution in [0.5, 0.6) is 11.5 Å². The van der Waals surface area contributed by atoms with Crippen LogP contribution in [0, 0.1) is 23.7 Å². The molecule has 294 valence electrons. The molecule has 7 rings (SSSR count). The van der Waals surface area contributed by atoms with Crippen LogP contribution in [0.3, 0.4) is 0 Å². The molecule has 0 spiro atoms. The Kier molecular flexibility index (Phi) is 12.3. The zero-order valence-corrected chi connectivity index (χ0v) is 37.9. The highest BCUT2D eigenvalue weighted by atomic mass is 79.9. The van der Waals surface area contributed by atoms with Crippen LogP contribution >= 0.6 is 31.9 Å². The first-order chi connectivity index (χ1) is 27.0. The van der Waals surface area contributed by atoms with Crippen LogP contribution in [0.25, 0.3) is 22.3 Å². The molecule has 4 heteroatoms. The minimum Gasteiger partial charge on any atom is -0.489 e. The Hall–Kier alpha value is -3.34. The highest BCUT2D eigenvalue weighted by Gasteiger charge is 2.50. The molecule has 0 N–H and O–H groups in total. The Morgan fingerprint density at radius 1 is 0.464 bits per heavy atom. The van der Waals surface area contributed by atoms with Gasteiger partial charge in [0.1, 0.15) is 0 Å². The smallest absolute Gasteiger partial charge is 0.161 e. The Morgan fingerprint density at radius 3 is 1.50 bits per heavy atom. The summed E-state index contributed by atoms with van der Waals surface area (Å²) in [7, 11) is 0. The fraction of sp³-hybridized carbons (Fsp3) is 0.423. The lowest BCUT2D eigenvalue weighted by molar-refractivity contribution is 0.217. The van der Waals surface area contributed by atoms with Crippen molar-refractivity contribution in [2.45, 2.75) is 105 Å². The summed E-state index contributed by atoms with van der Waals surface area (Å²) >= 11 is 7.88. The molecule has 0 saturated carbocycles. The van der Waals surface area contributed by atoms with Gasteiger partial charge >= 0.3 is 0 Å². The lowest BCUT2D eigenvalue weighted by Gasteiger charge is -2.39. The van der Waals surface area contributed by atoms with E-state index in [1.165, 1.54) is 55.6 Å². The van der Waals surface area contributed by atoms with E-state index in [1.54, 1.807) is 0 Å². The van der Waals surface area contributed by atoms with Gasteiger partial charge in [0, 0.05) is 14.4 Å². The van der Waals surface area contributed by atoms with Gasteiger partial charge in [0.2, 0.25) is 0 Å². The van der Waals surface area contributed by atoms with Gasteiger partial charge in [0.25, 0.3) is 0 Å². The SMILES string of the molecule is CCC(C)COc1ccc(C2(c3ccc4c(c3)C(CC(C)CC)(CC(C)CC)c3ccccc3-4)c3cc(Br)ccc3-c3ccc(Br)cc32)cc1OCC(C)CC. The van der Waals surface area contributed by atoms with Crippen LogP contribution in [-0.2, 0) is 10.8 Å². The number of hydrogen-bond acceptors (Lipinski definition) is 2. The third kappa shape index (κ3) is 7.21. The molecular formula is C52H60Br2O2. The van der Waals surface area contributed by atoms with Gasteiger partial charge in [0.15, 0.2) is 11.5 Å². The zero-order valence-electron chi connectivity index (χ0n) is 34.8. The van der Waals surface area contributed by atoms with Crippen molar-refractivity contribution in [3.05, 3.63) is 139 Å².